The Morgan fingerprint density at radius 2 is 2.00 bits per heavy atom. The van der Waals surface area contributed by atoms with E-state index < -0.39 is 0 Å². The Morgan fingerprint density at radius 3 is 2.65 bits per heavy atom. The number of thiophene rings is 1. The second-order valence-corrected chi connectivity index (χ2v) is 5.96. The van der Waals surface area contributed by atoms with E-state index in [0.29, 0.717) is 11.5 Å². The molecule has 0 aliphatic heterocycles. The van der Waals surface area contributed by atoms with Crippen molar-refractivity contribution in [2.75, 3.05) is 0 Å². The Hall–Kier alpha value is -1.85. The van der Waals surface area contributed by atoms with Crippen LogP contribution < -0.4 is 16.0 Å². The molecule has 0 fully saturated rings. The predicted octanol–water partition coefficient (Wildman–Crippen LogP) is 2.86. The molecule has 4 nitrogen and oxygen atoms in total. The van der Waals surface area contributed by atoms with Gasteiger partial charge < -0.3 is 4.74 Å². The molecule has 0 aliphatic carbocycles. The van der Waals surface area contributed by atoms with Crippen LogP contribution in [0.3, 0.4) is 0 Å². The number of hydrogen-bond donors (Lipinski definition) is 2. The van der Waals surface area contributed by atoms with Crippen molar-refractivity contribution in [2.24, 2.45) is 5.84 Å². The zero-order valence-electron chi connectivity index (χ0n) is 11.8. The van der Waals surface area contributed by atoms with Crippen molar-refractivity contribution in [2.45, 2.75) is 27.4 Å². The number of carbonyl (C=O) groups excluding carboxylic acids is 1. The maximum atomic E-state index is 11.5. The van der Waals surface area contributed by atoms with Crippen LogP contribution in [-0.4, -0.2) is 5.91 Å². The molecule has 20 heavy (non-hydrogen) atoms. The van der Waals surface area contributed by atoms with E-state index in [1.807, 2.05) is 31.2 Å². The highest BCUT2D eigenvalue weighted by atomic mass is 32.1. The van der Waals surface area contributed by atoms with Gasteiger partial charge in [-0.15, -0.1) is 11.3 Å². The average molecular weight is 290 g/mol. The highest BCUT2D eigenvalue weighted by molar-refractivity contribution is 7.14. The maximum Gasteiger partial charge on any atom is 0.275 e. The Morgan fingerprint density at radius 1 is 1.25 bits per heavy atom. The summed E-state index contributed by atoms with van der Waals surface area (Å²) in [5.41, 5.74) is 5.59. The number of ether oxygens (including phenoxy) is 1. The Bertz CT molecular complexity index is 635. The standard InChI is InChI=1S/C15H18N2O2S/c1-9-4-5-13(6-10(9)2)19-8-12-7-14(15(18)17-16)20-11(12)3/h4-7H,8,16H2,1-3H3,(H,17,18). The van der Waals surface area contributed by atoms with E-state index in [1.165, 1.54) is 22.5 Å². The van der Waals surface area contributed by atoms with Gasteiger partial charge in [-0.2, -0.15) is 0 Å². The smallest absolute Gasteiger partial charge is 0.275 e. The van der Waals surface area contributed by atoms with E-state index in [-0.39, 0.29) is 5.91 Å². The first-order valence-electron chi connectivity index (χ1n) is 6.31. The molecule has 106 valence electrons. The first-order valence-corrected chi connectivity index (χ1v) is 7.13. The molecule has 0 aliphatic rings. The van der Waals surface area contributed by atoms with E-state index in [9.17, 15) is 4.79 Å². The zero-order valence-corrected chi connectivity index (χ0v) is 12.6. The van der Waals surface area contributed by atoms with Gasteiger partial charge in [0.1, 0.15) is 12.4 Å². The zero-order chi connectivity index (χ0) is 14.7. The van der Waals surface area contributed by atoms with Gasteiger partial charge in [-0.05, 0) is 50.1 Å². The lowest BCUT2D eigenvalue weighted by Crippen LogP contribution is -2.29. The number of amides is 1. The van der Waals surface area contributed by atoms with Crippen molar-refractivity contribution in [3.05, 3.63) is 50.7 Å². The van der Waals surface area contributed by atoms with Gasteiger partial charge in [0, 0.05) is 10.4 Å². The van der Waals surface area contributed by atoms with Gasteiger partial charge in [0.25, 0.3) is 5.91 Å². The summed E-state index contributed by atoms with van der Waals surface area (Å²) in [6, 6.07) is 7.84. The largest absolute Gasteiger partial charge is 0.489 e. The molecule has 0 radical (unpaired) electrons. The number of aryl methyl sites for hydroxylation is 3. The summed E-state index contributed by atoms with van der Waals surface area (Å²) in [6.45, 7) is 6.54. The van der Waals surface area contributed by atoms with Crippen molar-refractivity contribution in [3.8, 4) is 5.75 Å². The van der Waals surface area contributed by atoms with Crippen LogP contribution in [0.2, 0.25) is 0 Å². The molecule has 0 saturated heterocycles. The van der Waals surface area contributed by atoms with Gasteiger partial charge in [0.2, 0.25) is 0 Å². The molecule has 2 rings (SSSR count). The van der Waals surface area contributed by atoms with Crippen LogP contribution in [0.15, 0.2) is 24.3 Å². The Balaban J connectivity index is 2.08. The molecule has 0 atom stereocenters. The Labute approximate surface area is 122 Å². The molecular weight excluding hydrogens is 272 g/mol. The van der Waals surface area contributed by atoms with Crippen molar-refractivity contribution >= 4 is 17.2 Å². The van der Waals surface area contributed by atoms with E-state index in [0.717, 1.165) is 16.2 Å². The molecule has 0 saturated carbocycles. The Kier molecular flexibility index (Phi) is 4.42. The lowest BCUT2D eigenvalue weighted by Gasteiger charge is -2.08. The van der Waals surface area contributed by atoms with Gasteiger partial charge in [-0.1, -0.05) is 6.07 Å². The molecular formula is C15H18N2O2S. The number of nitrogens with one attached hydrogen (secondary N) is 1. The van der Waals surface area contributed by atoms with E-state index >= 15 is 0 Å². The summed E-state index contributed by atoms with van der Waals surface area (Å²) < 4.78 is 5.78. The second-order valence-electron chi connectivity index (χ2n) is 4.70. The van der Waals surface area contributed by atoms with Crippen LogP contribution in [0.5, 0.6) is 5.75 Å². The number of hydrazine groups is 1. The quantitative estimate of drug-likeness (QED) is 0.517. The number of benzene rings is 1. The summed E-state index contributed by atoms with van der Waals surface area (Å²) in [5.74, 6) is 5.70. The summed E-state index contributed by atoms with van der Waals surface area (Å²) in [6.07, 6.45) is 0. The van der Waals surface area contributed by atoms with Crippen molar-refractivity contribution < 1.29 is 9.53 Å². The van der Waals surface area contributed by atoms with Crippen LogP contribution in [-0.2, 0) is 6.61 Å². The third kappa shape index (κ3) is 3.18. The molecule has 3 N–H and O–H groups in total. The first kappa shape index (κ1) is 14.6. The highest BCUT2D eigenvalue weighted by Crippen LogP contribution is 2.24. The molecule has 1 heterocycles. The molecule has 1 aromatic heterocycles. The fourth-order valence-corrected chi connectivity index (χ4v) is 2.74. The fourth-order valence-electron chi connectivity index (χ4n) is 1.81. The second kappa shape index (κ2) is 6.07. The number of rotatable bonds is 4. The number of carbonyl (C=O) groups is 1. The van der Waals surface area contributed by atoms with Crippen LogP contribution in [0.1, 0.15) is 31.2 Å². The molecule has 5 heteroatoms. The molecule has 0 unspecified atom stereocenters. The fraction of sp³-hybridized carbons (Fsp3) is 0.267. The van der Waals surface area contributed by atoms with Crippen LogP contribution in [0.4, 0.5) is 0 Å². The van der Waals surface area contributed by atoms with Crippen LogP contribution in [0, 0.1) is 20.8 Å². The van der Waals surface area contributed by atoms with Gasteiger partial charge >= 0.3 is 0 Å². The monoisotopic (exact) mass is 290 g/mol. The van der Waals surface area contributed by atoms with E-state index in [1.54, 1.807) is 0 Å². The predicted molar refractivity (Wildman–Crippen MR) is 81.0 cm³/mol. The van der Waals surface area contributed by atoms with Crippen molar-refractivity contribution in [3.63, 3.8) is 0 Å². The minimum absolute atomic E-state index is 0.268. The lowest BCUT2D eigenvalue weighted by molar-refractivity contribution is 0.0957. The van der Waals surface area contributed by atoms with E-state index in [4.69, 9.17) is 10.6 Å². The van der Waals surface area contributed by atoms with Crippen LogP contribution >= 0.6 is 11.3 Å². The molecule has 0 bridgehead atoms. The summed E-state index contributed by atoms with van der Waals surface area (Å²) in [4.78, 5) is 13.1. The third-order valence-corrected chi connectivity index (χ3v) is 4.34. The number of nitrogen functional groups attached to an aromatic ring is 1. The van der Waals surface area contributed by atoms with Gasteiger partial charge in [-0.25, -0.2) is 5.84 Å². The number of nitrogens with two attached hydrogens (primary N) is 1. The molecule has 0 spiro atoms. The van der Waals surface area contributed by atoms with Crippen LogP contribution in [0.25, 0.3) is 0 Å². The first-order chi connectivity index (χ1) is 9.51. The molecule has 2 aromatic rings. The average Bonchev–Trinajstić information content (AvgIpc) is 2.80. The normalized spacial score (nSPS) is 10.4. The summed E-state index contributed by atoms with van der Waals surface area (Å²) in [7, 11) is 0. The maximum absolute atomic E-state index is 11.5. The minimum atomic E-state index is -0.268. The van der Waals surface area contributed by atoms with Crippen molar-refractivity contribution in [1.82, 2.24) is 5.43 Å². The third-order valence-electron chi connectivity index (χ3n) is 3.25. The van der Waals surface area contributed by atoms with Crippen molar-refractivity contribution in [1.29, 1.82) is 0 Å². The van der Waals surface area contributed by atoms with Gasteiger partial charge in [0.05, 0.1) is 4.88 Å². The topological polar surface area (TPSA) is 64.3 Å². The molecule has 1 amide bonds. The summed E-state index contributed by atoms with van der Waals surface area (Å²) >= 11 is 1.42. The SMILES string of the molecule is Cc1ccc(OCc2cc(C(=O)NN)sc2C)cc1C. The lowest BCUT2D eigenvalue weighted by atomic mass is 10.1. The minimum Gasteiger partial charge on any atom is -0.489 e. The molecule has 1 aromatic carbocycles. The summed E-state index contributed by atoms with van der Waals surface area (Å²) in [5, 5.41) is 0. The van der Waals surface area contributed by atoms with Gasteiger partial charge in [-0.3, -0.25) is 10.2 Å². The van der Waals surface area contributed by atoms with E-state index in [2.05, 4.69) is 19.3 Å². The van der Waals surface area contributed by atoms with Gasteiger partial charge in [0.15, 0.2) is 0 Å². The highest BCUT2D eigenvalue weighted by Gasteiger charge is 2.11. The number of hydrogen-bond acceptors (Lipinski definition) is 4.